The maximum atomic E-state index is 13.3. The van der Waals surface area contributed by atoms with Gasteiger partial charge < -0.3 is 20.2 Å². The monoisotopic (exact) mass is 542 g/mol. The Bertz CT molecular complexity index is 1570. The summed E-state index contributed by atoms with van der Waals surface area (Å²) in [6.45, 7) is 15.6. The Balaban J connectivity index is 1.51. The molecule has 0 amide bonds. The Morgan fingerprint density at radius 2 is 1.73 bits per heavy atom. The van der Waals surface area contributed by atoms with Crippen LogP contribution < -0.4 is 15.8 Å². The summed E-state index contributed by atoms with van der Waals surface area (Å²) in [6, 6.07) is 13.8. The maximum Gasteiger partial charge on any atom is 0.278 e. The van der Waals surface area contributed by atoms with Crippen LogP contribution in [0.25, 0.3) is 16.9 Å². The van der Waals surface area contributed by atoms with E-state index in [0.717, 1.165) is 31.9 Å². The molecule has 0 aliphatic carbocycles. The smallest absolute Gasteiger partial charge is 0.278 e. The molecule has 0 unspecified atom stereocenters. The summed E-state index contributed by atoms with van der Waals surface area (Å²) in [5, 5.41) is 14.5. The first kappa shape index (κ1) is 27.5. The molecule has 4 heterocycles. The van der Waals surface area contributed by atoms with Gasteiger partial charge in [-0.05, 0) is 57.3 Å². The van der Waals surface area contributed by atoms with Crippen molar-refractivity contribution in [3.8, 4) is 5.82 Å². The number of benzene rings is 1. The molecule has 1 fully saturated rings. The summed E-state index contributed by atoms with van der Waals surface area (Å²) in [7, 11) is 2.15. The van der Waals surface area contributed by atoms with Crippen LogP contribution in [-0.4, -0.2) is 73.1 Å². The van der Waals surface area contributed by atoms with E-state index in [-0.39, 0.29) is 12.1 Å². The highest BCUT2D eigenvalue weighted by molar-refractivity contribution is 5.77. The minimum atomic E-state index is -1.02. The number of aromatic nitrogens is 5. The molecule has 210 valence electrons. The van der Waals surface area contributed by atoms with E-state index in [1.54, 1.807) is 35.5 Å². The Morgan fingerprint density at radius 3 is 2.38 bits per heavy atom. The van der Waals surface area contributed by atoms with Crippen molar-refractivity contribution in [2.24, 2.45) is 0 Å². The lowest BCUT2D eigenvalue weighted by Crippen LogP contribution is -2.44. The van der Waals surface area contributed by atoms with Crippen molar-refractivity contribution in [2.75, 3.05) is 43.4 Å². The molecule has 1 aliphatic heterocycles. The van der Waals surface area contributed by atoms with Gasteiger partial charge in [0.15, 0.2) is 11.5 Å². The predicted molar refractivity (Wildman–Crippen MR) is 160 cm³/mol. The number of pyridine rings is 1. The highest BCUT2D eigenvalue weighted by Crippen LogP contribution is 2.34. The summed E-state index contributed by atoms with van der Waals surface area (Å²) >= 11 is 0. The van der Waals surface area contributed by atoms with Crippen molar-refractivity contribution in [1.82, 2.24) is 29.2 Å². The number of hydrogen-bond acceptors (Lipinski definition) is 8. The maximum absolute atomic E-state index is 13.3. The quantitative estimate of drug-likeness (QED) is 0.325. The van der Waals surface area contributed by atoms with E-state index >= 15 is 0 Å². The highest BCUT2D eigenvalue weighted by Gasteiger charge is 2.38. The van der Waals surface area contributed by atoms with Crippen molar-refractivity contribution < 1.29 is 5.11 Å². The first-order valence-electron chi connectivity index (χ1n) is 13.6. The van der Waals surface area contributed by atoms with E-state index in [1.165, 1.54) is 5.69 Å². The number of nitrogens with one attached hydrogen (secondary N) is 1. The Kier molecular flexibility index (Phi) is 7.24. The van der Waals surface area contributed by atoms with E-state index in [9.17, 15) is 9.90 Å². The van der Waals surface area contributed by atoms with E-state index in [4.69, 9.17) is 9.97 Å². The molecule has 0 spiro atoms. The molecule has 1 saturated heterocycles. The topological polar surface area (TPSA) is 104 Å². The number of likely N-dealkylation sites (N-methyl/N-ethyl adjacent to an activating group) is 1. The third-order valence-electron chi connectivity index (χ3n) is 8.09. The fourth-order valence-electron chi connectivity index (χ4n) is 4.76. The standard InChI is InChI=1S/C30H38N8O2/c1-7-15-37-27(39)23-20-31-28(32-21-11-13-22(14-12-21)36-18-16-35(6)17-19-36)34-26(23)38(37)25-10-8-9-24(33-25)29(2,3)30(4,5)40/h7-14,20,40H,1,15-19H2,2-6H3,(H,31,32,34). The molecule has 40 heavy (non-hydrogen) atoms. The van der Waals surface area contributed by atoms with Gasteiger partial charge in [0.2, 0.25) is 5.95 Å². The van der Waals surface area contributed by atoms with Crippen molar-refractivity contribution in [3.63, 3.8) is 0 Å². The summed E-state index contributed by atoms with van der Waals surface area (Å²) in [5.74, 6) is 0.891. The molecule has 2 N–H and O–H groups in total. The first-order chi connectivity index (χ1) is 19.0. The Morgan fingerprint density at radius 1 is 1.02 bits per heavy atom. The van der Waals surface area contributed by atoms with Crippen LogP contribution in [0.3, 0.4) is 0 Å². The van der Waals surface area contributed by atoms with Gasteiger partial charge in [-0.1, -0.05) is 26.0 Å². The van der Waals surface area contributed by atoms with Crippen molar-refractivity contribution in [3.05, 3.63) is 77.4 Å². The molecule has 10 heteroatoms. The van der Waals surface area contributed by atoms with E-state index in [1.807, 2.05) is 44.2 Å². The van der Waals surface area contributed by atoms with Gasteiger partial charge in [-0.15, -0.1) is 6.58 Å². The third kappa shape index (κ3) is 5.12. The van der Waals surface area contributed by atoms with Gasteiger partial charge in [0.1, 0.15) is 5.39 Å². The summed E-state index contributed by atoms with van der Waals surface area (Å²) < 4.78 is 3.25. The molecule has 5 rings (SSSR count). The van der Waals surface area contributed by atoms with Gasteiger partial charge in [-0.3, -0.25) is 4.79 Å². The molecule has 4 aromatic rings. The fourth-order valence-corrected chi connectivity index (χ4v) is 4.76. The number of aliphatic hydroxyl groups is 1. The summed E-state index contributed by atoms with van der Waals surface area (Å²) in [4.78, 5) is 32.1. The van der Waals surface area contributed by atoms with Gasteiger partial charge in [-0.2, -0.15) is 4.98 Å². The van der Waals surface area contributed by atoms with Crippen LogP contribution in [0.5, 0.6) is 0 Å². The zero-order chi connectivity index (χ0) is 28.7. The van der Waals surface area contributed by atoms with Gasteiger partial charge >= 0.3 is 0 Å². The number of rotatable bonds is 8. The van der Waals surface area contributed by atoms with Crippen LogP contribution in [-0.2, 0) is 12.0 Å². The van der Waals surface area contributed by atoms with Crippen molar-refractivity contribution >= 4 is 28.4 Å². The number of nitrogens with zero attached hydrogens (tertiary/aromatic N) is 7. The Labute approximate surface area is 234 Å². The van der Waals surface area contributed by atoms with Gasteiger partial charge in [0, 0.05) is 49.2 Å². The number of piperazine rings is 1. The predicted octanol–water partition coefficient (Wildman–Crippen LogP) is 3.71. The van der Waals surface area contributed by atoms with Gasteiger partial charge in [-0.25, -0.2) is 19.3 Å². The second-order valence-electron chi connectivity index (χ2n) is 11.4. The minimum Gasteiger partial charge on any atom is -0.390 e. The SMILES string of the molecule is C=CCn1c(=O)c2cnc(Nc3ccc(N4CCN(C)CC4)cc3)nc2n1-c1cccc(C(C)(C)C(C)(C)O)n1. The average Bonchev–Trinajstić information content (AvgIpc) is 3.20. The van der Waals surface area contributed by atoms with Crippen molar-refractivity contribution in [1.29, 1.82) is 0 Å². The fraction of sp³-hybridized carbons (Fsp3) is 0.400. The third-order valence-corrected chi connectivity index (χ3v) is 8.09. The molecule has 1 aromatic carbocycles. The van der Waals surface area contributed by atoms with Crippen LogP contribution in [0.2, 0.25) is 0 Å². The number of fused-ring (bicyclic) bond motifs is 1. The molecule has 0 atom stereocenters. The highest BCUT2D eigenvalue weighted by atomic mass is 16.3. The second kappa shape index (κ2) is 10.5. The lowest BCUT2D eigenvalue weighted by Gasteiger charge is -2.36. The van der Waals surface area contributed by atoms with Gasteiger partial charge in [0.25, 0.3) is 5.56 Å². The van der Waals surface area contributed by atoms with Crippen LogP contribution in [0, 0.1) is 0 Å². The number of allylic oxidation sites excluding steroid dienone is 1. The van der Waals surface area contributed by atoms with Crippen LogP contribution in [0.4, 0.5) is 17.3 Å². The van der Waals surface area contributed by atoms with Crippen molar-refractivity contribution in [2.45, 2.75) is 45.3 Å². The number of anilines is 3. The molecule has 0 radical (unpaired) electrons. The summed E-state index contributed by atoms with van der Waals surface area (Å²) in [5.41, 5.74) is 1.28. The molecule has 0 saturated carbocycles. The molecule has 1 aliphatic rings. The minimum absolute atomic E-state index is 0.230. The first-order valence-corrected chi connectivity index (χ1v) is 13.6. The van der Waals surface area contributed by atoms with E-state index in [2.05, 4.69) is 45.9 Å². The molecule has 3 aromatic heterocycles. The normalized spacial score (nSPS) is 15.0. The lowest BCUT2D eigenvalue weighted by molar-refractivity contribution is 0.00776. The van der Waals surface area contributed by atoms with Crippen LogP contribution >= 0.6 is 0 Å². The Hall–Kier alpha value is -4.02. The van der Waals surface area contributed by atoms with Crippen LogP contribution in [0.15, 0.2) is 66.1 Å². The molecule has 10 nitrogen and oxygen atoms in total. The lowest BCUT2D eigenvalue weighted by atomic mass is 9.74. The summed E-state index contributed by atoms with van der Waals surface area (Å²) in [6.07, 6.45) is 3.21. The average molecular weight is 543 g/mol. The number of hydrogen-bond donors (Lipinski definition) is 2. The van der Waals surface area contributed by atoms with E-state index in [0.29, 0.717) is 28.5 Å². The largest absolute Gasteiger partial charge is 0.390 e. The molecular weight excluding hydrogens is 504 g/mol. The zero-order valence-corrected chi connectivity index (χ0v) is 23.9. The van der Waals surface area contributed by atoms with Gasteiger partial charge in [0.05, 0.1) is 17.8 Å². The second-order valence-corrected chi connectivity index (χ2v) is 11.4. The zero-order valence-electron chi connectivity index (χ0n) is 23.9. The van der Waals surface area contributed by atoms with E-state index < -0.39 is 11.0 Å². The molecular formula is C30H38N8O2. The molecule has 0 bridgehead atoms. The van der Waals surface area contributed by atoms with Crippen LogP contribution in [0.1, 0.15) is 33.4 Å².